The number of hydrogen-bond donors (Lipinski definition) is 1. The number of nitrogens with one attached hydrogen (secondary N) is 1. The van der Waals surface area contributed by atoms with Crippen molar-refractivity contribution in [2.45, 2.75) is 32.7 Å². The van der Waals surface area contributed by atoms with Crippen LogP contribution in [0.5, 0.6) is 0 Å². The number of amides is 1. The minimum absolute atomic E-state index is 0.0442. The number of aryl methyl sites for hydroxylation is 1. The molecule has 0 bridgehead atoms. The molecule has 3 aromatic rings. The van der Waals surface area contributed by atoms with Gasteiger partial charge >= 0.3 is 0 Å². The predicted molar refractivity (Wildman–Crippen MR) is 113 cm³/mol. The van der Waals surface area contributed by atoms with E-state index in [2.05, 4.69) is 21.7 Å². The molecule has 7 heteroatoms. The largest absolute Gasteiger partial charge is 0.378 e. The number of nitrogens with zero attached hydrogens (tertiary/aromatic N) is 3. The first kappa shape index (κ1) is 17.7. The van der Waals surface area contributed by atoms with Crippen molar-refractivity contribution in [3.63, 3.8) is 0 Å². The van der Waals surface area contributed by atoms with E-state index in [-0.39, 0.29) is 5.91 Å². The minimum atomic E-state index is -0.0442. The highest BCUT2D eigenvalue weighted by molar-refractivity contribution is 7.22. The zero-order chi connectivity index (χ0) is 19.3. The van der Waals surface area contributed by atoms with E-state index < -0.39 is 0 Å². The monoisotopic (exact) mass is 396 g/mol. The van der Waals surface area contributed by atoms with Gasteiger partial charge in [0.15, 0.2) is 5.13 Å². The van der Waals surface area contributed by atoms with Crippen molar-refractivity contribution in [2.75, 3.05) is 36.5 Å². The lowest BCUT2D eigenvalue weighted by Crippen LogP contribution is -2.36. The molecule has 1 N–H and O–H groups in total. The van der Waals surface area contributed by atoms with Crippen LogP contribution < -0.4 is 10.2 Å². The lowest BCUT2D eigenvalue weighted by molar-refractivity contribution is 0.102. The molecule has 1 aliphatic carbocycles. The van der Waals surface area contributed by atoms with Gasteiger partial charge in [-0.3, -0.25) is 4.79 Å². The van der Waals surface area contributed by atoms with Gasteiger partial charge in [0.1, 0.15) is 0 Å². The zero-order valence-electron chi connectivity index (χ0n) is 16.2. The highest BCUT2D eigenvalue weighted by atomic mass is 32.1. The second-order valence-corrected chi connectivity index (χ2v) is 8.63. The standard InChI is InChI=1S/C21H24N4O2S/c1-13-11-17(14(2)25(13)16-4-5-16)20(26)22-15-3-6-18-19(12-15)28-21(23-18)24-7-9-27-10-8-24/h3,6,11-12,16H,4-5,7-10H2,1-2H3,(H,22,26). The lowest BCUT2D eigenvalue weighted by atomic mass is 10.2. The van der Waals surface area contributed by atoms with Crippen LogP contribution in [-0.4, -0.2) is 41.8 Å². The summed E-state index contributed by atoms with van der Waals surface area (Å²) >= 11 is 1.67. The molecule has 146 valence electrons. The number of morpholine rings is 1. The number of rotatable bonds is 4. The summed E-state index contributed by atoms with van der Waals surface area (Å²) < 4.78 is 8.81. The van der Waals surface area contributed by atoms with E-state index >= 15 is 0 Å². The van der Waals surface area contributed by atoms with E-state index in [0.717, 1.165) is 58.6 Å². The molecule has 0 atom stereocenters. The van der Waals surface area contributed by atoms with Crippen LogP contribution >= 0.6 is 11.3 Å². The van der Waals surface area contributed by atoms with Gasteiger partial charge in [0.2, 0.25) is 0 Å². The first-order valence-electron chi connectivity index (χ1n) is 9.83. The highest BCUT2D eigenvalue weighted by Crippen LogP contribution is 2.38. The van der Waals surface area contributed by atoms with Crippen molar-refractivity contribution in [2.24, 2.45) is 0 Å². The number of carbonyl (C=O) groups excluding carboxylic acids is 1. The Morgan fingerprint density at radius 1 is 1.21 bits per heavy atom. The average molecular weight is 397 g/mol. The molecule has 1 aromatic carbocycles. The Kier molecular flexibility index (Phi) is 4.36. The Morgan fingerprint density at radius 2 is 2.00 bits per heavy atom. The molecule has 1 amide bonds. The molecule has 5 rings (SSSR count). The summed E-state index contributed by atoms with van der Waals surface area (Å²) in [5.41, 5.74) is 4.77. The summed E-state index contributed by atoms with van der Waals surface area (Å²) in [5.74, 6) is -0.0442. The summed E-state index contributed by atoms with van der Waals surface area (Å²) in [5, 5.41) is 4.10. The van der Waals surface area contributed by atoms with Gasteiger partial charge in [-0.1, -0.05) is 11.3 Å². The maximum Gasteiger partial charge on any atom is 0.257 e. The van der Waals surface area contributed by atoms with Crippen molar-refractivity contribution >= 4 is 38.3 Å². The van der Waals surface area contributed by atoms with E-state index in [1.807, 2.05) is 31.2 Å². The Labute approximate surface area is 168 Å². The number of carbonyl (C=O) groups is 1. The highest BCUT2D eigenvalue weighted by Gasteiger charge is 2.28. The van der Waals surface area contributed by atoms with Crippen LogP contribution in [0.25, 0.3) is 10.2 Å². The van der Waals surface area contributed by atoms with Gasteiger partial charge in [-0.25, -0.2) is 4.98 Å². The molecule has 0 radical (unpaired) electrons. The third-order valence-electron chi connectivity index (χ3n) is 5.56. The van der Waals surface area contributed by atoms with Gasteiger partial charge < -0.3 is 19.5 Å². The van der Waals surface area contributed by atoms with Crippen LogP contribution in [0.1, 0.15) is 40.6 Å². The lowest BCUT2D eigenvalue weighted by Gasteiger charge is -2.25. The predicted octanol–water partition coefficient (Wildman–Crippen LogP) is 4.14. The molecular weight excluding hydrogens is 372 g/mol. The molecule has 2 aromatic heterocycles. The summed E-state index contributed by atoms with van der Waals surface area (Å²) in [6.07, 6.45) is 2.43. The molecule has 1 aliphatic heterocycles. The van der Waals surface area contributed by atoms with Crippen LogP contribution in [-0.2, 0) is 4.74 Å². The fraction of sp³-hybridized carbons (Fsp3) is 0.429. The van der Waals surface area contributed by atoms with Gasteiger partial charge in [-0.15, -0.1) is 0 Å². The number of fused-ring (bicyclic) bond motifs is 1. The quantitative estimate of drug-likeness (QED) is 0.720. The topological polar surface area (TPSA) is 59.4 Å². The van der Waals surface area contributed by atoms with Crippen LogP contribution in [0.4, 0.5) is 10.8 Å². The number of anilines is 2. The summed E-state index contributed by atoms with van der Waals surface area (Å²) in [6, 6.07) is 8.52. The van der Waals surface area contributed by atoms with E-state index in [4.69, 9.17) is 9.72 Å². The SMILES string of the molecule is Cc1cc(C(=O)Nc2ccc3nc(N4CCOCC4)sc3c2)c(C)n1C1CC1. The molecule has 0 unspecified atom stereocenters. The maximum absolute atomic E-state index is 12.9. The summed E-state index contributed by atoms with van der Waals surface area (Å²) in [6.45, 7) is 7.37. The maximum atomic E-state index is 12.9. The third kappa shape index (κ3) is 3.18. The molecule has 6 nitrogen and oxygen atoms in total. The first-order valence-corrected chi connectivity index (χ1v) is 10.6. The van der Waals surface area contributed by atoms with Crippen molar-refractivity contribution in [1.29, 1.82) is 0 Å². The Bertz CT molecular complexity index is 1040. The summed E-state index contributed by atoms with van der Waals surface area (Å²) in [7, 11) is 0. The fourth-order valence-electron chi connectivity index (χ4n) is 3.98. The van der Waals surface area contributed by atoms with Crippen molar-refractivity contribution < 1.29 is 9.53 Å². The minimum Gasteiger partial charge on any atom is -0.378 e. The number of hydrogen-bond acceptors (Lipinski definition) is 5. The number of benzene rings is 1. The second-order valence-electron chi connectivity index (χ2n) is 7.62. The van der Waals surface area contributed by atoms with Crippen LogP contribution in [0, 0.1) is 13.8 Å². The second kappa shape index (κ2) is 6.90. The number of ether oxygens (including phenoxy) is 1. The number of aromatic nitrogens is 2. The van der Waals surface area contributed by atoms with Gasteiger partial charge in [-0.05, 0) is 51.0 Å². The van der Waals surface area contributed by atoms with Crippen LogP contribution in [0.15, 0.2) is 24.3 Å². The van der Waals surface area contributed by atoms with Crippen molar-refractivity contribution in [3.8, 4) is 0 Å². The van der Waals surface area contributed by atoms with Crippen LogP contribution in [0.2, 0.25) is 0 Å². The van der Waals surface area contributed by atoms with E-state index in [1.54, 1.807) is 11.3 Å². The van der Waals surface area contributed by atoms with E-state index in [1.165, 1.54) is 18.5 Å². The molecule has 0 spiro atoms. The normalized spacial score (nSPS) is 17.3. The Balaban J connectivity index is 1.37. The molecule has 2 fully saturated rings. The molecule has 3 heterocycles. The zero-order valence-corrected chi connectivity index (χ0v) is 17.0. The molecule has 28 heavy (non-hydrogen) atoms. The number of thiazole rings is 1. The average Bonchev–Trinajstić information content (AvgIpc) is 3.36. The smallest absolute Gasteiger partial charge is 0.257 e. The third-order valence-corrected chi connectivity index (χ3v) is 6.64. The van der Waals surface area contributed by atoms with Crippen molar-refractivity contribution in [3.05, 3.63) is 41.2 Å². The first-order chi connectivity index (χ1) is 13.6. The van der Waals surface area contributed by atoms with Crippen LogP contribution in [0.3, 0.4) is 0 Å². The van der Waals surface area contributed by atoms with Crippen molar-refractivity contribution in [1.82, 2.24) is 9.55 Å². The van der Waals surface area contributed by atoms with E-state index in [9.17, 15) is 4.79 Å². The van der Waals surface area contributed by atoms with Gasteiger partial charge in [0, 0.05) is 36.2 Å². The van der Waals surface area contributed by atoms with Gasteiger partial charge in [0.25, 0.3) is 5.91 Å². The van der Waals surface area contributed by atoms with Gasteiger partial charge in [0.05, 0.1) is 29.0 Å². The Hall–Kier alpha value is -2.38. The Morgan fingerprint density at radius 3 is 2.75 bits per heavy atom. The fourth-order valence-corrected chi connectivity index (χ4v) is 5.04. The molecule has 1 saturated carbocycles. The van der Waals surface area contributed by atoms with E-state index in [0.29, 0.717) is 6.04 Å². The molecular formula is C21H24N4O2S. The van der Waals surface area contributed by atoms with Gasteiger partial charge in [-0.2, -0.15) is 0 Å². The molecule has 1 saturated heterocycles. The summed E-state index contributed by atoms with van der Waals surface area (Å²) in [4.78, 5) is 19.9. The molecule has 2 aliphatic rings.